The molecule has 0 spiro atoms. The van der Waals surface area contributed by atoms with Crippen LogP contribution < -0.4 is 10.1 Å². The number of pyridine rings is 1. The van der Waals surface area contributed by atoms with E-state index < -0.39 is 0 Å². The molecular weight excluding hydrogens is 248 g/mol. The molecule has 1 N–H and O–H groups in total. The monoisotopic (exact) mass is 268 g/mol. The van der Waals surface area contributed by atoms with E-state index in [-0.39, 0.29) is 0 Å². The van der Waals surface area contributed by atoms with E-state index in [4.69, 9.17) is 4.74 Å². The summed E-state index contributed by atoms with van der Waals surface area (Å²) < 4.78 is 5.83. The Morgan fingerprint density at radius 1 is 1.25 bits per heavy atom. The largest absolute Gasteiger partial charge is 0.489 e. The van der Waals surface area contributed by atoms with Gasteiger partial charge in [0.25, 0.3) is 0 Å². The quantitative estimate of drug-likeness (QED) is 0.873. The predicted octanol–water partition coefficient (Wildman–Crippen LogP) is 3.20. The molecule has 0 aliphatic rings. The number of ether oxygens (including phenoxy) is 1. The van der Waals surface area contributed by atoms with Gasteiger partial charge < -0.3 is 10.1 Å². The highest BCUT2D eigenvalue weighted by Gasteiger charge is 2.03. The molecule has 0 radical (unpaired) electrons. The highest BCUT2D eigenvalue weighted by Crippen LogP contribution is 2.18. The van der Waals surface area contributed by atoms with Crippen molar-refractivity contribution >= 4 is 6.08 Å². The zero-order chi connectivity index (χ0) is 14.2. The minimum absolute atomic E-state index is 0.551. The summed E-state index contributed by atoms with van der Waals surface area (Å²) >= 11 is 0. The van der Waals surface area contributed by atoms with E-state index in [9.17, 15) is 0 Å². The van der Waals surface area contributed by atoms with E-state index >= 15 is 0 Å². The van der Waals surface area contributed by atoms with E-state index in [1.54, 1.807) is 0 Å². The molecule has 1 heterocycles. The molecule has 0 bridgehead atoms. The summed E-state index contributed by atoms with van der Waals surface area (Å²) in [6.07, 6.45) is 5.95. The molecule has 2 rings (SSSR count). The fourth-order valence-corrected chi connectivity index (χ4v) is 1.91. The lowest BCUT2D eigenvalue weighted by molar-refractivity contribution is 0.357. The third-order valence-electron chi connectivity index (χ3n) is 2.89. The average Bonchev–Trinajstić information content (AvgIpc) is 2.47. The number of hydrogen-bond donors (Lipinski definition) is 1. The van der Waals surface area contributed by atoms with E-state index in [0.717, 1.165) is 23.6 Å². The first kappa shape index (κ1) is 14.3. The minimum atomic E-state index is 0.551. The van der Waals surface area contributed by atoms with Crippen LogP contribution in [0.2, 0.25) is 0 Å². The molecule has 0 saturated carbocycles. The predicted molar refractivity (Wildman–Crippen MR) is 82.7 cm³/mol. The van der Waals surface area contributed by atoms with Crippen LogP contribution in [-0.4, -0.2) is 18.6 Å². The molecule has 20 heavy (non-hydrogen) atoms. The Balaban J connectivity index is 1.96. The smallest absolute Gasteiger partial charge is 0.127 e. The lowest BCUT2D eigenvalue weighted by Crippen LogP contribution is -2.08. The molecule has 0 saturated heterocycles. The molecular formula is C17H20N2O. The van der Waals surface area contributed by atoms with Crippen LogP contribution in [0.25, 0.3) is 6.08 Å². The van der Waals surface area contributed by atoms with Crippen LogP contribution in [0.1, 0.15) is 16.8 Å². The summed E-state index contributed by atoms with van der Waals surface area (Å²) in [4.78, 5) is 4.30. The summed E-state index contributed by atoms with van der Waals surface area (Å²) in [5, 5.41) is 3.12. The van der Waals surface area contributed by atoms with Crippen molar-refractivity contribution in [1.29, 1.82) is 0 Å². The maximum absolute atomic E-state index is 5.83. The van der Waals surface area contributed by atoms with Gasteiger partial charge in [0.05, 0.1) is 0 Å². The Kier molecular flexibility index (Phi) is 5.33. The van der Waals surface area contributed by atoms with E-state index in [2.05, 4.69) is 28.5 Å². The number of aromatic nitrogens is 1. The van der Waals surface area contributed by atoms with Crippen LogP contribution >= 0.6 is 0 Å². The van der Waals surface area contributed by atoms with Gasteiger partial charge in [0, 0.05) is 30.1 Å². The third-order valence-corrected chi connectivity index (χ3v) is 2.89. The second kappa shape index (κ2) is 7.46. The molecule has 3 heteroatoms. The minimum Gasteiger partial charge on any atom is -0.489 e. The number of benzene rings is 1. The standard InChI is InChI=1S/C17H20N2O/c1-14-11-17(16(12-18-2)13-19-14)20-10-6-9-15-7-4-3-5-8-15/h3-9,11,13,18H,10,12H2,1-2H3/b9-6+. The number of nitrogens with one attached hydrogen (secondary N) is 1. The topological polar surface area (TPSA) is 34.2 Å². The second-order valence-electron chi connectivity index (χ2n) is 4.59. The summed E-state index contributed by atoms with van der Waals surface area (Å²) in [6.45, 7) is 3.27. The zero-order valence-electron chi connectivity index (χ0n) is 12.0. The van der Waals surface area contributed by atoms with Gasteiger partial charge in [0.2, 0.25) is 0 Å². The highest BCUT2D eigenvalue weighted by molar-refractivity contribution is 5.48. The maximum Gasteiger partial charge on any atom is 0.127 e. The summed E-state index contributed by atoms with van der Waals surface area (Å²) in [5.41, 5.74) is 3.22. The molecule has 0 aliphatic carbocycles. The normalized spacial score (nSPS) is 10.9. The van der Waals surface area contributed by atoms with Gasteiger partial charge in [-0.1, -0.05) is 36.4 Å². The van der Waals surface area contributed by atoms with Gasteiger partial charge >= 0.3 is 0 Å². The van der Waals surface area contributed by atoms with Crippen LogP contribution in [0, 0.1) is 6.92 Å². The first-order valence-electron chi connectivity index (χ1n) is 6.74. The fourth-order valence-electron chi connectivity index (χ4n) is 1.91. The average molecular weight is 268 g/mol. The Morgan fingerprint density at radius 3 is 2.80 bits per heavy atom. The van der Waals surface area contributed by atoms with Crippen LogP contribution in [-0.2, 0) is 6.54 Å². The maximum atomic E-state index is 5.83. The summed E-state index contributed by atoms with van der Waals surface area (Å²) in [6, 6.07) is 12.2. The number of nitrogens with zero attached hydrogens (tertiary/aromatic N) is 1. The molecule has 0 aliphatic heterocycles. The van der Waals surface area contributed by atoms with Crippen molar-refractivity contribution in [2.24, 2.45) is 0 Å². The highest BCUT2D eigenvalue weighted by atomic mass is 16.5. The van der Waals surface area contributed by atoms with Gasteiger partial charge in [0.1, 0.15) is 12.4 Å². The molecule has 0 unspecified atom stereocenters. The first-order chi connectivity index (χ1) is 9.79. The lowest BCUT2D eigenvalue weighted by atomic mass is 10.2. The number of rotatable bonds is 6. The molecule has 2 aromatic rings. The van der Waals surface area contributed by atoms with Crippen molar-refractivity contribution in [2.75, 3.05) is 13.7 Å². The van der Waals surface area contributed by atoms with Crippen LogP contribution in [0.3, 0.4) is 0 Å². The van der Waals surface area contributed by atoms with Crippen LogP contribution in [0.4, 0.5) is 0 Å². The third kappa shape index (κ3) is 4.21. The first-order valence-corrected chi connectivity index (χ1v) is 6.74. The summed E-state index contributed by atoms with van der Waals surface area (Å²) in [7, 11) is 1.92. The van der Waals surface area contributed by atoms with Gasteiger partial charge in [0.15, 0.2) is 0 Å². The molecule has 104 valence electrons. The molecule has 1 aromatic carbocycles. The Labute approximate surface area is 120 Å². The van der Waals surface area contributed by atoms with Gasteiger partial charge in [-0.05, 0) is 25.6 Å². The fraction of sp³-hybridized carbons (Fsp3) is 0.235. The molecule has 0 fully saturated rings. The van der Waals surface area contributed by atoms with Gasteiger partial charge in [-0.2, -0.15) is 0 Å². The number of hydrogen-bond acceptors (Lipinski definition) is 3. The van der Waals surface area contributed by atoms with Crippen LogP contribution in [0.5, 0.6) is 5.75 Å². The van der Waals surface area contributed by atoms with Crippen molar-refractivity contribution in [3.8, 4) is 5.75 Å². The van der Waals surface area contributed by atoms with Crippen molar-refractivity contribution in [1.82, 2.24) is 10.3 Å². The van der Waals surface area contributed by atoms with Crippen LogP contribution in [0.15, 0.2) is 48.7 Å². The Morgan fingerprint density at radius 2 is 2.05 bits per heavy atom. The summed E-state index contributed by atoms with van der Waals surface area (Å²) in [5.74, 6) is 0.893. The second-order valence-corrected chi connectivity index (χ2v) is 4.59. The zero-order valence-corrected chi connectivity index (χ0v) is 12.0. The molecule has 3 nitrogen and oxygen atoms in total. The van der Waals surface area contributed by atoms with Crippen molar-refractivity contribution < 1.29 is 4.74 Å². The van der Waals surface area contributed by atoms with Crippen molar-refractivity contribution in [3.05, 3.63) is 65.5 Å². The van der Waals surface area contributed by atoms with Gasteiger partial charge in [-0.3, -0.25) is 4.98 Å². The number of aryl methyl sites for hydroxylation is 1. The van der Waals surface area contributed by atoms with Gasteiger partial charge in [-0.25, -0.2) is 0 Å². The van der Waals surface area contributed by atoms with Gasteiger partial charge in [-0.15, -0.1) is 0 Å². The molecule has 1 aromatic heterocycles. The van der Waals surface area contributed by atoms with E-state index in [1.165, 1.54) is 5.56 Å². The van der Waals surface area contributed by atoms with Crippen molar-refractivity contribution in [2.45, 2.75) is 13.5 Å². The Hall–Kier alpha value is -2.13. The molecule has 0 amide bonds. The lowest BCUT2D eigenvalue weighted by Gasteiger charge is -2.10. The SMILES string of the molecule is CNCc1cnc(C)cc1OC/C=C/c1ccccc1. The molecule has 0 atom stereocenters. The van der Waals surface area contributed by atoms with E-state index in [0.29, 0.717) is 6.61 Å². The van der Waals surface area contributed by atoms with Crippen molar-refractivity contribution in [3.63, 3.8) is 0 Å². The van der Waals surface area contributed by atoms with E-state index in [1.807, 2.05) is 50.5 Å². The Bertz CT molecular complexity index is 564.